The Kier molecular flexibility index (Phi) is 2.40. The molecule has 0 atom stereocenters. The second-order valence-electron chi connectivity index (χ2n) is 3.07. The molecule has 0 N–H and O–H groups in total. The quantitative estimate of drug-likeness (QED) is 0.406. The molecule has 0 aliphatic carbocycles. The van der Waals surface area contributed by atoms with E-state index < -0.39 is 11.8 Å². The van der Waals surface area contributed by atoms with Crippen LogP contribution in [0, 0.1) is 11.0 Å². The lowest BCUT2D eigenvalue weighted by atomic mass is 10.2. The van der Waals surface area contributed by atoms with Crippen LogP contribution in [-0.2, 0) is 4.74 Å². The topological polar surface area (TPSA) is 66.1 Å². The van der Waals surface area contributed by atoms with Crippen LogP contribution in [0.2, 0.25) is 0 Å². The number of halogens is 1. The maximum atomic E-state index is 12.9. The monoisotopic (exact) mass is 222 g/mol. The number of carbonyl (C=O) groups is 1. The fourth-order valence-electron chi connectivity index (χ4n) is 1.38. The molecule has 0 bridgehead atoms. The Morgan fingerprint density at radius 2 is 2.38 bits per heavy atom. The fourth-order valence-corrected chi connectivity index (χ4v) is 1.38. The zero-order valence-corrected chi connectivity index (χ0v) is 8.31. The van der Waals surface area contributed by atoms with E-state index in [1.54, 1.807) is 0 Å². The highest BCUT2D eigenvalue weighted by molar-refractivity contribution is 6.00. The van der Waals surface area contributed by atoms with Gasteiger partial charge in [-0.2, -0.15) is 4.73 Å². The predicted molar refractivity (Wildman–Crippen MR) is 52.0 cm³/mol. The van der Waals surface area contributed by atoms with Gasteiger partial charge in [0, 0.05) is 6.07 Å². The highest BCUT2D eigenvalue weighted by Crippen LogP contribution is 2.14. The van der Waals surface area contributed by atoms with E-state index in [9.17, 15) is 14.4 Å². The first kappa shape index (κ1) is 10.3. The van der Waals surface area contributed by atoms with Crippen molar-refractivity contribution in [3.8, 4) is 0 Å². The number of hydrogen-bond acceptors (Lipinski definition) is 4. The average molecular weight is 222 g/mol. The third kappa shape index (κ3) is 1.54. The minimum atomic E-state index is -0.640. The molecule has 0 spiro atoms. The average Bonchev–Trinajstić information content (AvgIpc) is 2.29. The van der Waals surface area contributed by atoms with Gasteiger partial charge in [-0.25, -0.2) is 14.2 Å². The molecule has 82 valence electrons. The number of pyridine rings is 2. The zero-order chi connectivity index (χ0) is 11.7. The number of carbonyl (C=O) groups excluding carboxylic acids is 1. The van der Waals surface area contributed by atoms with Crippen molar-refractivity contribution in [2.24, 2.45) is 0 Å². The summed E-state index contributed by atoms with van der Waals surface area (Å²) in [6.07, 6.45) is 2.05. The first-order chi connectivity index (χ1) is 7.63. The molecule has 0 unspecified atom stereocenters. The van der Waals surface area contributed by atoms with Crippen LogP contribution in [-0.4, -0.2) is 18.1 Å². The molecule has 16 heavy (non-hydrogen) atoms. The van der Waals surface area contributed by atoms with Crippen LogP contribution >= 0.6 is 0 Å². The minimum Gasteiger partial charge on any atom is -0.618 e. The molecule has 0 amide bonds. The van der Waals surface area contributed by atoms with E-state index in [-0.39, 0.29) is 16.6 Å². The van der Waals surface area contributed by atoms with Crippen LogP contribution in [0.25, 0.3) is 11.0 Å². The Morgan fingerprint density at radius 1 is 1.62 bits per heavy atom. The van der Waals surface area contributed by atoms with Crippen LogP contribution in [0.5, 0.6) is 0 Å². The third-order valence-electron chi connectivity index (χ3n) is 2.11. The molecule has 2 aromatic heterocycles. The van der Waals surface area contributed by atoms with Crippen molar-refractivity contribution in [3.05, 3.63) is 41.1 Å². The standard InChI is InChI=1S/C10H7FN2O3/c1-16-10(14)7-2-3-13(15)8-4-6(11)5-12-9(7)8/h2-5H,1H3. The molecule has 0 saturated carbocycles. The number of fused-ring (bicyclic) bond motifs is 1. The molecular formula is C10H7FN2O3. The van der Waals surface area contributed by atoms with Gasteiger partial charge in [-0.15, -0.1) is 0 Å². The van der Waals surface area contributed by atoms with Crippen molar-refractivity contribution in [1.82, 2.24) is 4.98 Å². The van der Waals surface area contributed by atoms with Crippen LogP contribution in [0.3, 0.4) is 0 Å². The molecule has 0 aliphatic heterocycles. The van der Waals surface area contributed by atoms with Gasteiger partial charge in [0.05, 0.1) is 24.9 Å². The van der Waals surface area contributed by atoms with Crippen LogP contribution in [0.4, 0.5) is 4.39 Å². The summed E-state index contributed by atoms with van der Waals surface area (Å²) in [5.74, 6) is -1.26. The molecule has 0 aromatic carbocycles. The molecule has 0 aliphatic rings. The molecule has 0 radical (unpaired) electrons. The molecular weight excluding hydrogens is 215 g/mol. The summed E-state index contributed by atoms with van der Waals surface area (Å²) in [6.45, 7) is 0. The van der Waals surface area contributed by atoms with Gasteiger partial charge >= 0.3 is 5.97 Å². The Labute approximate surface area is 89.7 Å². The second-order valence-corrected chi connectivity index (χ2v) is 3.07. The van der Waals surface area contributed by atoms with E-state index in [1.165, 1.54) is 13.2 Å². The van der Waals surface area contributed by atoms with Gasteiger partial charge in [-0.3, -0.25) is 0 Å². The molecule has 0 fully saturated rings. The summed E-state index contributed by atoms with van der Waals surface area (Å²) in [6, 6.07) is 2.30. The highest BCUT2D eigenvalue weighted by atomic mass is 19.1. The maximum Gasteiger partial charge on any atom is 0.340 e. The lowest BCUT2D eigenvalue weighted by Gasteiger charge is -2.04. The van der Waals surface area contributed by atoms with Crippen molar-refractivity contribution in [2.75, 3.05) is 7.11 Å². The van der Waals surface area contributed by atoms with E-state index >= 15 is 0 Å². The van der Waals surface area contributed by atoms with Gasteiger partial charge in [-0.1, -0.05) is 0 Å². The minimum absolute atomic E-state index is 0.0112. The molecule has 5 nitrogen and oxygen atoms in total. The van der Waals surface area contributed by atoms with Crippen molar-refractivity contribution in [2.45, 2.75) is 0 Å². The van der Waals surface area contributed by atoms with Gasteiger partial charge < -0.3 is 9.94 Å². The largest absolute Gasteiger partial charge is 0.618 e. The van der Waals surface area contributed by atoms with Gasteiger partial charge in [-0.05, 0) is 0 Å². The molecule has 2 heterocycles. The third-order valence-corrected chi connectivity index (χ3v) is 2.11. The number of ether oxygens (including phenoxy) is 1. The fraction of sp³-hybridized carbons (Fsp3) is 0.100. The Bertz CT molecular complexity index is 571. The first-order valence-electron chi connectivity index (χ1n) is 4.39. The maximum absolute atomic E-state index is 12.9. The van der Waals surface area contributed by atoms with Gasteiger partial charge in [0.1, 0.15) is 5.82 Å². The number of methoxy groups -OCH3 is 1. The predicted octanol–water partition coefficient (Wildman–Crippen LogP) is 0.794. The summed E-state index contributed by atoms with van der Waals surface area (Å²) in [5, 5.41) is 11.4. The zero-order valence-electron chi connectivity index (χ0n) is 8.31. The summed E-state index contributed by atoms with van der Waals surface area (Å²) < 4.78 is 17.9. The Hall–Kier alpha value is -2.24. The SMILES string of the molecule is COC(=O)c1cc[n+]([O-])c2cc(F)cnc12. The summed E-state index contributed by atoms with van der Waals surface area (Å²) in [5.41, 5.74) is 0.234. The normalized spacial score (nSPS) is 10.4. The van der Waals surface area contributed by atoms with Crippen LogP contribution in [0.15, 0.2) is 24.5 Å². The number of hydrogen-bond donors (Lipinski definition) is 0. The number of rotatable bonds is 1. The number of aromatic nitrogens is 2. The number of nitrogens with zero attached hydrogens (tertiary/aromatic N) is 2. The van der Waals surface area contributed by atoms with Crippen molar-refractivity contribution in [3.63, 3.8) is 0 Å². The van der Waals surface area contributed by atoms with E-state index in [2.05, 4.69) is 9.72 Å². The summed E-state index contributed by atoms with van der Waals surface area (Å²) in [7, 11) is 1.22. The van der Waals surface area contributed by atoms with E-state index in [0.717, 1.165) is 18.5 Å². The second kappa shape index (κ2) is 3.73. The van der Waals surface area contributed by atoms with Crippen molar-refractivity contribution in [1.29, 1.82) is 0 Å². The van der Waals surface area contributed by atoms with Gasteiger partial charge in [0.15, 0.2) is 11.7 Å². The van der Waals surface area contributed by atoms with E-state index in [1.807, 2.05) is 0 Å². The van der Waals surface area contributed by atoms with Crippen LogP contribution < -0.4 is 4.73 Å². The Balaban J connectivity index is 2.79. The lowest BCUT2D eigenvalue weighted by Crippen LogP contribution is -2.27. The van der Waals surface area contributed by atoms with Gasteiger partial charge in [0.2, 0.25) is 5.52 Å². The molecule has 6 heteroatoms. The summed E-state index contributed by atoms with van der Waals surface area (Å²) >= 11 is 0. The number of esters is 1. The van der Waals surface area contributed by atoms with Crippen molar-refractivity contribution >= 4 is 17.0 Å². The van der Waals surface area contributed by atoms with Crippen molar-refractivity contribution < 1.29 is 18.7 Å². The molecule has 0 saturated heterocycles. The molecule has 2 aromatic rings. The van der Waals surface area contributed by atoms with E-state index in [4.69, 9.17) is 0 Å². The van der Waals surface area contributed by atoms with E-state index in [0.29, 0.717) is 4.73 Å². The summed E-state index contributed by atoms with van der Waals surface area (Å²) in [4.78, 5) is 15.1. The van der Waals surface area contributed by atoms with Crippen LogP contribution in [0.1, 0.15) is 10.4 Å². The highest BCUT2D eigenvalue weighted by Gasteiger charge is 2.17. The lowest BCUT2D eigenvalue weighted by molar-refractivity contribution is -0.577. The smallest absolute Gasteiger partial charge is 0.340 e. The Morgan fingerprint density at radius 3 is 3.06 bits per heavy atom. The molecule has 2 rings (SSSR count). The first-order valence-corrected chi connectivity index (χ1v) is 4.39. The van der Waals surface area contributed by atoms with Gasteiger partial charge in [0.25, 0.3) is 0 Å².